The Kier molecular flexibility index (Phi) is 6.82. The number of para-hydroxylation sites is 1. The van der Waals surface area contributed by atoms with Gasteiger partial charge in [-0.1, -0.05) is 36.2 Å². The van der Waals surface area contributed by atoms with Crippen molar-refractivity contribution in [3.63, 3.8) is 0 Å². The second-order valence-corrected chi connectivity index (χ2v) is 9.36. The summed E-state index contributed by atoms with van der Waals surface area (Å²) in [5.74, 6) is 0.292. The monoisotopic (exact) mass is 436 g/mol. The van der Waals surface area contributed by atoms with E-state index >= 15 is 0 Å². The number of rotatable bonds is 6. The number of carbonyl (C=O) groups is 1. The minimum Gasteiger partial charge on any atom is -0.496 e. The first-order chi connectivity index (χ1) is 13.8. The lowest BCUT2D eigenvalue weighted by Gasteiger charge is -2.26. The molecule has 0 saturated carbocycles. The maximum atomic E-state index is 13.0. The highest BCUT2D eigenvalue weighted by atomic mass is 35.5. The Balaban J connectivity index is 1.84. The molecule has 1 atom stereocenters. The number of halogens is 1. The summed E-state index contributed by atoms with van der Waals surface area (Å²) in [6.07, 6.45) is 2.67. The van der Waals surface area contributed by atoms with Crippen molar-refractivity contribution in [2.75, 3.05) is 20.2 Å². The first kappa shape index (κ1) is 21.6. The number of hydrogen-bond acceptors (Lipinski definition) is 4. The highest BCUT2D eigenvalue weighted by Gasteiger charge is 2.29. The number of hydrogen-bond donors (Lipinski definition) is 1. The summed E-state index contributed by atoms with van der Waals surface area (Å²) >= 11 is 6.19. The molecule has 1 aliphatic heterocycles. The van der Waals surface area contributed by atoms with E-state index < -0.39 is 10.0 Å². The van der Waals surface area contributed by atoms with Gasteiger partial charge in [0.15, 0.2) is 0 Å². The third-order valence-electron chi connectivity index (χ3n) is 5.08. The van der Waals surface area contributed by atoms with Gasteiger partial charge in [0.25, 0.3) is 5.91 Å². The van der Waals surface area contributed by atoms with Gasteiger partial charge in [-0.05, 0) is 44.0 Å². The van der Waals surface area contributed by atoms with Gasteiger partial charge in [0.1, 0.15) is 10.6 Å². The SMILES string of the molecule is COc1ccccc1[C@H](C)NC(=O)c1ccc(Cl)c(S(=O)(=O)N2CCCCC2)c1. The summed E-state index contributed by atoms with van der Waals surface area (Å²) in [5.41, 5.74) is 1.07. The number of carbonyl (C=O) groups excluding carboxylic acids is 1. The minimum atomic E-state index is -3.74. The van der Waals surface area contributed by atoms with E-state index in [4.69, 9.17) is 16.3 Å². The summed E-state index contributed by atoms with van der Waals surface area (Å²) in [5, 5.41) is 3.01. The molecule has 8 heteroatoms. The topological polar surface area (TPSA) is 75.7 Å². The number of sulfonamides is 1. The van der Waals surface area contributed by atoms with E-state index in [-0.39, 0.29) is 27.4 Å². The quantitative estimate of drug-likeness (QED) is 0.742. The van der Waals surface area contributed by atoms with Crippen LogP contribution in [0.5, 0.6) is 5.75 Å². The Labute approximate surface area is 176 Å². The molecule has 6 nitrogen and oxygen atoms in total. The fourth-order valence-corrected chi connectivity index (χ4v) is 5.49. The zero-order chi connectivity index (χ0) is 21.0. The third kappa shape index (κ3) is 4.74. The van der Waals surface area contributed by atoms with Gasteiger partial charge in [-0.15, -0.1) is 0 Å². The second kappa shape index (κ2) is 9.15. The van der Waals surface area contributed by atoms with Crippen molar-refractivity contribution in [1.82, 2.24) is 9.62 Å². The van der Waals surface area contributed by atoms with Crippen molar-refractivity contribution < 1.29 is 17.9 Å². The number of nitrogens with one attached hydrogen (secondary N) is 1. The Bertz CT molecular complexity index is 988. The van der Waals surface area contributed by atoms with E-state index in [2.05, 4.69) is 5.32 Å². The molecule has 2 aromatic carbocycles. The number of benzene rings is 2. The minimum absolute atomic E-state index is 0.0290. The number of piperidine rings is 1. The van der Waals surface area contributed by atoms with Gasteiger partial charge in [-0.2, -0.15) is 4.31 Å². The van der Waals surface area contributed by atoms with Crippen LogP contribution in [0.3, 0.4) is 0 Å². The molecule has 0 aliphatic carbocycles. The van der Waals surface area contributed by atoms with Crippen LogP contribution in [0, 0.1) is 0 Å². The van der Waals surface area contributed by atoms with Crippen LogP contribution in [-0.4, -0.2) is 38.8 Å². The molecular formula is C21H25ClN2O4S. The largest absolute Gasteiger partial charge is 0.496 e. The fourth-order valence-electron chi connectivity index (χ4n) is 3.47. The van der Waals surface area contributed by atoms with Gasteiger partial charge in [-0.3, -0.25) is 4.79 Å². The second-order valence-electron chi connectivity index (χ2n) is 7.05. The van der Waals surface area contributed by atoms with Crippen LogP contribution in [-0.2, 0) is 10.0 Å². The molecule has 1 amide bonds. The first-order valence-corrected chi connectivity index (χ1v) is 11.4. The third-order valence-corrected chi connectivity index (χ3v) is 7.46. The average molecular weight is 437 g/mol. The Hall–Kier alpha value is -2.09. The fraction of sp³-hybridized carbons (Fsp3) is 0.381. The van der Waals surface area contributed by atoms with E-state index in [0.717, 1.165) is 24.8 Å². The van der Waals surface area contributed by atoms with Crippen molar-refractivity contribution >= 4 is 27.5 Å². The van der Waals surface area contributed by atoms with Gasteiger partial charge < -0.3 is 10.1 Å². The lowest BCUT2D eigenvalue weighted by atomic mass is 10.1. The van der Waals surface area contributed by atoms with E-state index in [1.807, 2.05) is 31.2 Å². The summed E-state index contributed by atoms with van der Waals surface area (Å²) in [6, 6.07) is 11.4. The molecule has 0 radical (unpaired) electrons. The van der Waals surface area contributed by atoms with Crippen molar-refractivity contribution in [1.29, 1.82) is 0 Å². The standard InChI is InChI=1S/C21H25ClN2O4S/c1-15(17-8-4-5-9-19(17)28-2)23-21(25)16-10-11-18(22)20(14-16)29(26,27)24-12-6-3-7-13-24/h4-5,8-11,14-15H,3,6-7,12-13H2,1-2H3,(H,23,25)/t15-/m0/s1. The predicted octanol–water partition coefficient (Wildman–Crippen LogP) is 4.01. The number of ether oxygens (including phenoxy) is 1. The van der Waals surface area contributed by atoms with E-state index in [0.29, 0.717) is 18.8 Å². The highest BCUT2D eigenvalue weighted by molar-refractivity contribution is 7.89. The molecule has 1 aliphatic rings. The summed E-state index contributed by atoms with van der Waals surface area (Å²) in [4.78, 5) is 12.8. The van der Waals surface area contributed by atoms with E-state index in [1.54, 1.807) is 7.11 Å². The Morgan fingerprint density at radius 1 is 1.14 bits per heavy atom. The zero-order valence-electron chi connectivity index (χ0n) is 16.5. The molecule has 0 spiro atoms. The highest BCUT2D eigenvalue weighted by Crippen LogP contribution is 2.29. The molecule has 0 bridgehead atoms. The van der Waals surface area contributed by atoms with Gasteiger partial charge in [-0.25, -0.2) is 8.42 Å². The van der Waals surface area contributed by atoms with Crippen molar-refractivity contribution in [2.45, 2.75) is 37.1 Å². The predicted molar refractivity (Wildman–Crippen MR) is 113 cm³/mol. The lowest BCUT2D eigenvalue weighted by Crippen LogP contribution is -2.36. The number of nitrogens with zero attached hydrogens (tertiary/aromatic N) is 1. The summed E-state index contributed by atoms with van der Waals surface area (Å²) in [6.45, 7) is 2.79. The number of amides is 1. The van der Waals surface area contributed by atoms with Crippen LogP contribution in [0.25, 0.3) is 0 Å². The van der Waals surface area contributed by atoms with E-state index in [1.165, 1.54) is 22.5 Å². The van der Waals surface area contributed by atoms with Crippen molar-refractivity contribution in [3.8, 4) is 5.75 Å². The Morgan fingerprint density at radius 2 is 1.83 bits per heavy atom. The molecule has 1 fully saturated rings. The van der Waals surface area contributed by atoms with Crippen LogP contribution in [0.15, 0.2) is 47.4 Å². The molecule has 2 aromatic rings. The van der Waals surface area contributed by atoms with Gasteiger partial charge >= 0.3 is 0 Å². The molecular weight excluding hydrogens is 412 g/mol. The Morgan fingerprint density at radius 3 is 2.52 bits per heavy atom. The molecule has 0 unspecified atom stereocenters. The van der Waals surface area contributed by atoms with E-state index in [9.17, 15) is 13.2 Å². The average Bonchev–Trinajstić information content (AvgIpc) is 2.74. The summed E-state index contributed by atoms with van der Waals surface area (Å²) < 4.78 is 32.8. The molecule has 1 heterocycles. The van der Waals surface area contributed by atoms with Crippen LogP contribution in [0.4, 0.5) is 0 Å². The lowest BCUT2D eigenvalue weighted by molar-refractivity contribution is 0.0939. The van der Waals surface area contributed by atoms with Crippen LogP contribution >= 0.6 is 11.6 Å². The van der Waals surface area contributed by atoms with Crippen LogP contribution in [0.2, 0.25) is 5.02 Å². The van der Waals surface area contributed by atoms with Gasteiger partial charge in [0.05, 0.1) is 18.2 Å². The zero-order valence-corrected chi connectivity index (χ0v) is 18.1. The van der Waals surface area contributed by atoms with Crippen molar-refractivity contribution in [3.05, 3.63) is 58.6 Å². The van der Waals surface area contributed by atoms with Crippen LogP contribution < -0.4 is 10.1 Å². The summed E-state index contributed by atoms with van der Waals surface area (Å²) in [7, 11) is -2.16. The molecule has 29 heavy (non-hydrogen) atoms. The van der Waals surface area contributed by atoms with Gasteiger partial charge in [0, 0.05) is 24.2 Å². The molecule has 156 valence electrons. The maximum absolute atomic E-state index is 13.0. The molecule has 0 aromatic heterocycles. The van der Waals surface area contributed by atoms with Crippen molar-refractivity contribution in [2.24, 2.45) is 0 Å². The first-order valence-electron chi connectivity index (χ1n) is 9.58. The molecule has 3 rings (SSSR count). The smallest absolute Gasteiger partial charge is 0.251 e. The van der Waals surface area contributed by atoms with Gasteiger partial charge in [0.2, 0.25) is 10.0 Å². The van der Waals surface area contributed by atoms with Crippen LogP contribution in [0.1, 0.15) is 48.1 Å². The molecule has 1 saturated heterocycles. The normalized spacial score (nSPS) is 16.2. The number of methoxy groups -OCH3 is 1. The molecule has 1 N–H and O–H groups in total. The maximum Gasteiger partial charge on any atom is 0.251 e.